The van der Waals surface area contributed by atoms with Crippen LogP contribution in [-0.2, 0) is 0 Å². The van der Waals surface area contributed by atoms with Gasteiger partial charge in [-0.15, -0.1) is 0 Å². The van der Waals surface area contributed by atoms with Gasteiger partial charge >= 0.3 is 0 Å². The third-order valence-corrected chi connectivity index (χ3v) is 6.86. The molecule has 152 valence electrons. The van der Waals surface area contributed by atoms with E-state index in [1.54, 1.807) is 5.56 Å². The molecule has 1 aliphatic carbocycles. The molecule has 0 spiro atoms. The van der Waals surface area contributed by atoms with Crippen molar-refractivity contribution in [2.24, 2.45) is 10.8 Å². The first kappa shape index (κ1) is 20.7. The van der Waals surface area contributed by atoms with E-state index in [4.69, 9.17) is 0 Å². The monoisotopic (exact) mass is 372 g/mol. The van der Waals surface area contributed by atoms with E-state index in [9.17, 15) is 5.11 Å². The van der Waals surface area contributed by atoms with E-state index in [-0.39, 0.29) is 12.1 Å². The Balaban J connectivity index is 1.77. The third-order valence-electron chi connectivity index (χ3n) is 6.86. The molecule has 0 bridgehead atoms. The fraction of sp³-hybridized carbons (Fsp3) is 0.750. The predicted molar refractivity (Wildman–Crippen MR) is 116 cm³/mol. The maximum Gasteiger partial charge on any atom is 0.0664 e. The van der Waals surface area contributed by atoms with Crippen LogP contribution >= 0.6 is 0 Å². The van der Waals surface area contributed by atoms with Crippen molar-refractivity contribution in [3.8, 4) is 0 Å². The minimum Gasteiger partial charge on any atom is -0.392 e. The SMILES string of the molecule is CC(O)C(C)N1CCN(c2ccccc2C2CC(C)(C)CC(C)(C)C2)CC1. The number of nitrogens with zero attached hydrogens (tertiary/aromatic N) is 2. The number of rotatable bonds is 4. The molecule has 2 fully saturated rings. The second kappa shape index (κ2) is 7.75. The van der Waals surface area contributed by atoms with Crippen LogP contribution in [0.1, 0.15) is 72.3 Å². The normalized spacial score (nSPS) is 26.0. The molecule has 3 heteroatoms. The average Bonchev–Trinajstić information content (AvgIpc) is 2.58. The summed E-state index contributed by atoms with van der Waals surface area (Å²) >= 11 is 0. The van der Waals surface area contributed by atoms with Crippen LogP contribution in [0.2, 0.25) is 0 Å². The van der Waals surface area contributed by atoms with Gasteiger partial charge in [0.2, 0.25) is 0 Å². The fourth-order valence-corrected chi connectivity index (χ4v) is 5.86. The predicted octanol–water partition coefficient (Wildman–Crippen LogP) is 4.90. The Morgan fingerprint density at radius 1 is 0.926 bits per heavy atom. The van der Waals surface area contributed by atoms with Gasteiger partial charge in [-0.05, 0) is 61.5 Å². The molecule has 2 aliphatic rings. The molecule has 1 heterocycles. The summed E-state index contributed by atoms with van der Waals surface area (Å²) < 4.78 is 0. The highest BCUT2D eigenvalue weighted by Gasteiger charge is 2.40. The van der Waals surface area contributed by atoms with Crippen LogP contribution in [-0.4, -0.2) is 48.3 Å². The summed E-state index contributed by atoms with van der Waals surface area (Å²) in [6, 6.07) is 9.37. The number of benzene rings is 1. The lowest BCUT2D eigenvalue weighted by molar-refractivity contribution is 0.0671. The van der Waals surface area contributed by atoms with Gasteiger partial charge in [0.1, 0.15) is 0 Å². The summed E-state index contributed by atoms with van der Waals surface area (Å²) in [4.78, 5) is 5.01. The van der Waals surface area contributed by atoms with Crippen molar-refractivity contribution in [1.82, 2.24) is 4.90 Å². The number of aliphatic hydroxyl groups is 1. The highest BCUT2D eigenvalue weighted by atomic mass is 16.3. The Kier molecular flexibility index (Phi) is 5.93. The summed E-state index contributed by atoms with van der Waals surface area (Å²) in [6.45, 7) is 18.0. The molecular formula is C24H40N2O. The Hall–Kier alpha value is -1.06. The molecule has 1 aromatic carbocycles. The van der Waals surface area contributed by atoms with Gasteiger partial charge in [0, 0.05) is 37.9 Å². The topological polar surface area (TPSA) is 26.7 Å². The quantitative estimate of drug-likeness (QED) is 0.814. The van der Waals surface area contributed by atoms with Gasteiger partial charge in [0.25, 0.3) is 0 Å². The molecule has 0 aromatic heterocycles. The minimum absolute atomic E-state index is 0.238. The smallest absolute Gasteiger partial charge is 0.0664 e. The molecule has 1 saturated heterocycles. The molecule has 1 aliphatic heterocycles. The van der Waals surface area contributed by atoms with E-state index < -0.39 is 0 Å². The molecule has 0 radical (unpaired) electrons. The summed E-state index contributed by atoms with van der Waals surface area (Å²) in [6.07, 6.45) is 3.61. The summed E-state index contributed by atoms with van der Waals surface area (Å²) in [5, 5.41) is 9.91. The number of para-hydroxylation sites is 1. The fourth-order valence-electron chi connectivity index (χ4n) is 5.86. The molecule has 3 nitrogen and oxygen atoms in total. The van der Waals surface area contributed by atoms with Gasteiger partial charge in [0.05, 0.1) is 6.10 Å². The van der Waals surface area contributed by atoms with Gasteiger partial charge in [-0.1, -0.05) is 45.9 Å². The Morgan fingerprint density at radius 3 is 2.04 bits per heavy atom. The van der Waals surface area contributed by atoms with Gasteiger partial charge in [-0.2, -0.15) is 0 Å². The molecule has 1 aromatic rings. The van der Waals surface area contributed by atoms with Crippen LogP contribution in [0, 0.1) is 10.8 Å². The molecule has 27 heavy (non-hydrogen) atoms. The summed E-state index contributed by atoms with van der Waals surface area (Å²) in [5.74, 6) is 0.648. The number of hydrogen-bond acceptors (Lipinski definition) is 3. The second-order valence-corrected chi connectivity index (χ2v) is 10.7. The Bertz CT molecular complexity index is 613. The largest absolute Gasteiger partial charge is 0.392 e. The lowest BCUT2D eigenvalue weighted by Gasteiger charge is -2.46. The Labute approximate surface area is 166 Å². The van der Waals surface area contributed by atoms with Crippen LogP contribution < -0.4 is 4.90 Å². The Morgan fingerprint density at radius 2 is 1.48 bits per heavy atom. The lowest BCUT2D eigenvalue weighted by atomic mass is 9.60. The van der Waals surface area contributed by atoms with Crippen molar-refractivity contribution < 1.29 is 5.11 Å². The van der Waals surface area contributed by atoms with E-state index in [2.05, 4.69) is 68.7 Å². The highest BCUT2D eigenvalue weighted by molar-refractivity contribution is 5.56. The third kappa shape index (κ3) is 4.86. The number of piperazine rings is 1. The average molecular weight is 373 g/mol. The van der Waals surface area contributed by atoms with Crippen LogP contribution in [0.4, 0.5) is 5.69 Å². The highest BCUT2D eigenvalue weighted by Crippen LogP contribution is 2.53. The van der Waals surface area contributed by atoms with Crippen molar-refractivity contribution >= 4 is 5.69 Å². The molecule has 3 rings (SSSR count). The van der Waals surface area contributed by atoms with Crippen molar-refractivity contribution in [3.63, 3.8) is 0 Å². The van der Waals surface area contributed by atoms with Crippen LogP contribution in [0.25, 0.3) is 0 Å². The molecule has 1 saturated carbocycles. The van der Waals surface area contributed by atoms with E-state index in [0.29, 0.717) is 16.7 Å². The number of aliphatic hydroxyl groups excluding tert-OH is 1. The van der Waals surface area contributed by atoms with E-state index in [0.717, 1.165) is 26.2 Å². The summed E-state index contributed by atoms with van der Waals surface area (Å²) in [5.41, 5.74) is 3.81. The van der Waals surface area contributed by atoms with E-state index in [1.807, 2.05) is 6.92 Å². The van der Waals surface area contributed by atoms with Crippen molar-refractivity contribution in [2.75, 3.05) is 31.1 Å². The molecule has 2 unspecified atom stereocenters. The zero-order valence-corrected chi connectivity index (χ0v) is 18.3. The maximum atomic E-state index is 9.91. The second-order valence-electron chi connectivity index (χ2n) is 10.7. The van der Waals surface area contributed by atoms with Crippen molar-refractivity contribution in [3.05, 3.63) is 29.8 Å². The maximum absolute atomic E-state index is 9.91. The van der Waals surface area contributed by atoms with Crippen molar-refractivity contribution in [2.45, 2.75) is 78.9 Å². The van der Waals surface area contributed by atoms with Gasteiger partial charge in [-0.25, -0.2) is 0 Å². The minimum atomic E-state index is -0.268. The molecule has 0 amide bonds. The van der Waals surface area contributed by atoms with Gasteiger partial charge < -0.3 is 10.0 Å². The zero-order valence-electron chi connectivity index (χ0n) is 18.3. The first-order valence-electron chi connectivity index (χ1n) is 10.8. The van der Waals surface area contributed by atoms with Crippen molar-refractivity contribution in [1.29, 1.82) is 0 Å². The first-order valence-corrected chi connectivity index (χ1v) is 10.8. The number of anilines is 1. The van der Waals surface area contributed by atoms with Gasteiger partial charge in [-0.3, -0.25) is 4.90 Å². The molecule has 1 N–H and O–H groups in total. The lowest BCUT2D eigenvalue weighted by Crippen LogP contribution is -2.52. The van der Waals surface area contributed by atoms with Crippen LogP contribution in [0.15, 0.2) is 24.3 Å². The number of hydrogen-bond donors (Lipinski definition) is 1. The molecular weight excluding hydrogens is 332 g/mol. The molecule has 2 atom stereocenters. The van der Waals surface area contributed by atoms with Crippen LogP contribution in [0.3, 0.4) is 0 Å². The van der Waals surface area contributed by atoms with E-state index in [1.165, 1.54) is 24.9 Å². The van der Waals surface area contributed by atoms with E-state index >= 15 is 0 Å². The standard InChI is InChI=1S/C24H40N2O/c1-18(19(2)27)25-11-13-26(14-12-25)22-10-8-7-9-21(22)20-15-23(3,4)17-24(5,6)16-20/h7-10,18-20,27H,11-17H2,1-6H3. The summed E-state index contributed by atoms with van der Waals surface area (Å²) in [7, 11) is 0. The zero-order chi connectivity index (χ0) is 19.8. The first-order chi connectivity index (χ1) is 12.6. The van der Waals surface area contributed by atoms with Gasteiger partial charge in [0.15, 0.2) is 0 Å². The van der Waals surface area contributed by atoms with Crippen LogP contribution in [0.5, 0.6) is 0 Å².